The Bertz CT molecular complexity index is 823. The first-order valence-electron chi connectivity index (χ1n) is 17.5. The molecule has 0 fully saturated rings. The summed E-state index contributed by atoms with van der Waals surface area (Å²) in [6, 6.07) is 0. The molecule has 0 saturated carbocycles. The summed E-state index contributed by atoms with van der Waals surface area (Å²) in [4.78, 5) is 36.1. The van der Waals surface area contributed by atoms with Gasteiger partial charge in [0.15, 0.2) is 11.9 Å². The zero-order valence-electron chi connectivity index (χ0n) is 28.3. The lowest BCUT2D eigenvalue weighted by molar-refractivity contribution is -0.161. The third-order valence-corrected chi connectivity index (χ3v) is 7.28. The molecular weight excluding hydrogens is 552 g/mol. The number of esters is 2. The van der Waals surface area contributed by atoms with Gasteiger partial charge in [0.25, 0.3) is 0 Å². The van der Waals surface area contributed by atoms with E-state index in [9.17, 15) is 19.5 Å². The van der Waals surface area contributed by atoms with E-state index in [2.05, 4.69) is 45.1 Å². The molecule has 0 aromatic rings. The van der Waals surface area contributed by atoms with Crippen LogP contribution in [-0.4, -0.2) is 42.1 Å². The van der Waals surface area contributed by atoms with Gasteiger partial charge in [-0.1, -0.05) is 134 Å². The highest BCUT2D eigenvalue weighted by Gasteiger charge is 2.16. The van der Waals surface area contributed by atoms with Crippen LogP contribution in [0.2, 0.25) is 0 Å². The molecule has 0 saturated heterocycles. The van der Waals surface area contributed by atoms with Crippen molar-refractivity contribution in [3.05, 3.63) is 48.6 Å². The fourth-order valence-electron chi connectivity index (χ4n) is 4.57. The van der Waals surface area contributed by atoms with Crippen LogP contribution >= 0.6 is 0 Å². The second-order valence-electron chi connectivity index (χ2n) is 12.1. The maximum absolute atomic E-state index is 12.1. The second kappa shape index (κ2) is 31.9. The number of carbonyl (C=O) groups is 3. The zero-order valence-corrected chi connectivity index (χ0v) is 28.3. The minimum atomic E-state index is -0.886. The van der Waals surface area contributed by atoms with Crippen LogP contribution in [0.3, 0.4) is 0 Å². The fourth-order valence-corrected chi connectivity index (χ4v) is 4.57. The lowest BCUT2D eigenvalue weighted by atomic mass is 10.0. The molecule has 44 heavy (non-hydrogen) atoms. The molecule has 0 radical (unpaired) electrons. The van der Waals surface area contributed by atoms with Crippen molar-refractivity contribution in [2.24, 2.45) is 5.92 Å². The smallest absolute Gasteiger partial charge is 0.306 e. The molecule has 6 heteroatoms. The Morgan fingerprint density at radius 3 is 1.93 bits per heavy atom. The molecule has 0 bridgehead atoms. The summed E-state index contributed by atoms with van der Waals surface area (Å²) in [5.41, 5.74) is 0. The van der Waals surface area contributed by atoms with Crippen LogP contribution in [0.4, 0.5) is 0 Å². The summed E-state index contributed by atoms with van der Waals surface area (Å²) in [6.45, 7) is 6.19. The number of ketones is 1. The van der Waals surface area contributed by atoms with Gasteiger partial charge >= 0.3 is 11.9 Å². The number of hydrogen-bond donors (Lipinski definition) is 1. The molecule has 0 spiro atoms. The van der Waals surface area contributed by atoms with Crippen molar-refractivity contribution in [2.75, 3.05) is 13.2 Å². The molecular formula is C38H64O6. The molecule has 0 aliphatic rings. The Hall–Kier alpha value is -2.47. The molecule has 0 unspecified atom stereocenters. The van der Waals surface area contributed by atoms with Crippen molar-refractivity contribution in [1.29, 1.82) is 0 Å². The highest BCUT2D eigenvalue weighted by molar-refractivity contribution is 5.90. The van der Waals surface area contributed by atoms with Crippen molar-refractivity contribution in [1.82, 2.24) is 0 Å². The number of ether oxygens (including phenoxy) is 2. The van der Waals surface area contributed by atoms with Gasteiger partial charge in [-0.15, -0.1) is 0 Å². The van der Waals surface area contributed by atoms with Crippen LogP contribution in [0.5, 0.6) is 0 Å². The molecule has 1 N–H and O–H groups in total. The van der Waals surface area contributed by atoms with Gasteiger partial charge in [0.2, 0.25) is 0 Å². The van der Waals surface area contributed by atoms with Crippen LogP contribution in [0.25, 0.3) is 0 Å². The molecule has 0 aliphatic carbocycles. The summed E-state index contributed by atoms with van der Waals surface area (Å²) in [5.74, 6) is -0.107. The summed E-state index contributed by atoms with van der Waals surface area (Å²) in [6.07, 6.45) is 34.6. The van der Waals surface area contributed by atoms with Crippen LogP contribution in [0.15, 0.2) is 48.6 Å². The van der Waals surface area contributed by atoms with E-state index in [-0.39, 0.29) is 31.2 Å². The van der Waals surface area contributed by atoms with E-state index in [1.165, 1.54) is 70.3 Å². The van der Waals surface area contributed by atoms with Crippen LogP contribution in [0, 0.1) is 5.92 Å². The lowest BCUT2D eigenvalue weighted by Crippen LogP contribution is -2.28. The van der Waals surface area contributed by atoms with Crippen molar-refractivity contribution >= 4 is 17.7 Å². The molecule has 0 aromatic heterocycles. The summed E-state index contributed by atoms with van der Waals surface area (Å²) in [5, 5.41) is 9.49. The van der Waals surface area contributed by atoms with Crippen LogP contribution < -0.4 is 0 Å². The SMILES string of the molecule is CCCCC/C=C\C/C=C\C/C=C\C=C\C(=O)CCCC(=O)O[C@@H](CO)COC(=O)CCCCCCCCCCCC(C)C. The first-order valence-corrected chi connectivity index (χ1v) is 17.5. The first kappa shape index (κ1) is 41.5. The predicted octanol–water partition coefficient (Wildman–Crippen LogP) is 9.71. The van der Waals surface area contributed by atoms with E-state index >= 15 is 0 Å². The molecule has 1 atom stereocenters. The number of aliphatic hydroxyl groups excluding tert-OH is 1. The second-order valence-corrected chi connectivity index (χ2v) is 12.1. The monoisotopic (exact) mass is 616 g/mol. The highest BCUT2D eigenvalue weighted by Crippen LogP contribution is 2.14. The average molecular weight is 617 g/mol. The molecule has 252 valence electrons. The Morgan fingerprint density at radius 1 is 0.659 bits per heavy atom. The number of aliphatic hydroxyl groups is 1. The van der Waals surface area contributed by atoms with Crippen molar-refractivity contribution in [3.63, 3.8) is 0 Å². The summed E-state index contributed by atoms with van der Waals surface area (Å²) < 4.78 is 10.4. The summed E-state index contributed by atoms with van der Waals surface area (Å²) >= 11 is 0. The molecule has 0 heterocycles. The number of unbranched alkanes of at least 4 members (excludes halogenated alkanes) is 11. The maximum atomic E-state index is 12.1. The van der Waals surface area contributed by atoms with Gasteiger partial charge < -0.3 is 14.6 Å². The van der Waals surface area contributed by atoms with Gasteiger partial charge in [-0.25, -0.2) is 0 Å². The molecule has 0 amide bonds. The quantitative estimate of drug-likeness (QED) is 0.0284. The predicted molar refractivity (Wildman–Crippen MR) is 182 cm³/mol. The minimum absolute atomic E-state index is 0.0593. The Balaban J connectivity index is 3.83. The van der Waals surface area contributed by atoms with E-state index in [1.54, 1.807) is 6.08 Å². The number of allylic oxidation sites excluding steroid dienone is 8. The van der Waals surface area contributed by atoms with E-state index in [4.69, 9.17) is 9.47 Å². The maximum Gasteiger partial charge on any atom is 0.306 e. The van der Waals surface area contributed by atoms with Gasteiger partial charge in [0.05, 0.1) is 6.61 Å². The largest absolute Gasteiger partial charge is 0.462 e. The van der Waals surface area contributed by atoms with Crippen molar-refractivity contribution < 1.29 is 29.0 Å². The first-order chi connectivity index (χ1) is 21.4. The van der Waals surface area contributed by atoms with Crippen molar-refractivity contribution in [2.45, 2.75) is 155 Å². The lowest BCUT2D eigenvalue weighted by Gasteiger charge is -2.15. The normalized spacial score (nSPS) is 12.8. The van der Waals surface area contributed by atoms with E-state index < -0.39 is 18.7 Å². The minimum Gasteiger partial charge on any atom is -0.462 e. The topological polar surface area (TPSA) is 89.9 Å². The Labute approximate surface area is 269 Å². The number of rotatable bonds is 30. The van der Waals surface area contributed by atoms with E-state index in [0.29, 0.717) is 12.8 Å². The van der Waals surface area contributed by atoms with Crippen LogP contribution in [0.1, 0.15) is 149 Å². The number of hydrogen-bond acceptors (Lipinski definition) is 6. The van der Waals surface area contributed by atoms with Gasteiger partial charge in [-0.2, -0.15) is 0 Å². The Morgan fingerprint density at radius 2 is 1.27 bits per heavy atom. The van der Waals surface area contributed by atoms with Crippen LogP contribution in [-0.2, 0) is 23.9 Å². The molecule has 0 rings (SSSR count). The summed E-state index contributed by atoms with van der Waals surface area (Å²) in [7, 11) is 0. The standard InChI is InChI=1S/C38H64O6/c1-4-5-6-7-8-9-10-11-12-15-18-21-24-28-35(40)29-26-31-38(42)44-36(32-39)33-43-37(41)30-25-22-19-16-13-14-17-20-23-27-34(2)3/h8-9,11-12,18,21,24,28,34,36,39H,4-7,10,13-17,19-20,22-23,25-27,29-33H2,1-3H3/b9-8-,12-11-,21-18-,28-24+/t36-/m0/s1. The number of carbonyl (C=O) groups excluding carboxylic acids is 3. The van der Waals surface area contributed by atoms with E-state index in [0.717, 1.165) is 44.4 Å². The molecule has 0 aliphatic heterocycles. The van der Waals surface area contributed by atoms with Gasteiger partial charge in [-0.05, 0) is 50.5 Å². The Kier molecular flexibility index (Phi) is 30.1. The molecule has 6 nitrogen and oxygen atoms in total. The van der Waals surface area contributed by atoms with Gasteiger partial charge in [0.1, 0.15) is 6.61 Å². The van der Waals surface area contributed by atoms with Crippen molar-refractivity contribution in [3.8, 4) is 0 Å². The van der Waals surface area contributed by atoms with Gasteiger partial charge in [0, 0.05) is 19.3 Å². The third kappa shape index (κ3) is 31.0. The van der Waals surface area contributed by atoms with Gasteiger partial charge in [-0.3, -0.25) is 14.4 Å². The average Bonchev–Trinajstić information content (AvgIpc) is 3.00. The van der Waals surface area contributed by atoms with E-state index in [1.807, 2.05) is 12.2 Å². The third-order valence-electron chi connectivity index (χ3n) is 7.28. The zero-order chi connectivity index (χ0) is 32.5. The molecule has 0 aromatic carbocycles. The highest BCUT2D eigenvalue weighted by atomic mass is 16.6. The fraction of sp³-hybridized carbons (Fsp3) is 0.711.